The molecule has 2 heterocycles. The number of likely N-dealkylation sites (N-methyl/N-ethyl adjacent to an activating group) is 1. The molecule has 0 amide bonds. The highest BCUT2D eigenvalue weighted by molar-refractivity contribution is 5.84. The summed E-state index contributed by atoms with van der Waals surface area (Å²) in [6.07, 6.45) is 3.41. The molecule has 2 aromatic rings. The minimum absolute atomic E-state index is 0.192. The zero-order valence-corrected chi connectivity index (χ0v) is 15.6. The molecule has 1 aromatic heterocycles. The maximum Gasteiger partial charge on any atom is 0.196 e. The van der Waals surface area contributed by atoms with Crippen LogP contribution in [0.2, 0.25) is 0 Å². The van der Waals surface area contributed by atoms with Gasteiger partial charge in [0.1, 0.15) is 11.2 Å². The van der Waals surface area contributed by atoms with Crippen LogP contribution >= 0.6 is 0 Å². The van der Waals surface area contributed by atoms with Gasteiger partial charge in [0.25, 0.3) is 0 Å². The van der Waals surface area contributed by atoms with Crippen molar-refractivity contribution in [3.8, 4) is 23.1 Å². The Labute approximate surface area is 154 Å². The van der Waals surface area contributed by atoms with Crippen LogP contribution in [0.5, 0.6) is 0 Å². The molecule has 5 heteroatoms. The molecular formula is C21H23N5. The second-order valence-electron chi connectivity index (χ2n) is 6.64. The van der Waals surface area contributed by atoms with Gasteiger partial charge in [-0.15, -0.1) is 0 Å². The Bertz CT molecular complexity index is 948. The first-order valence-corrected chi connectivity index (χ1v) is 8.54. The van der Waals surface area contributed by atoms with Gasteiger partial charge in [-0.25, -0.2) is 9.98 Å². The Morgan fingerprint density at radius 2 is 2.04 bits per heavy atom. The molecule has 0 fully saturated rings. The van der Waals surface area contributed by atoms with Crippen LogP contribution in [-0.4, -0.2) is 27.9 Å². The predicted molar refractivity (Wildman–Crippen MR) is 105 cm³/mol. The van der Waals surface area contributed by atoms with E-state index in [1.54, 1.807) is 19.3 Å². The van der Waals surface area contributed by atoms with Crippen molar-refractivity contribution in [1.82, 2.24) is 14.9 Å². The van der Waals surface area contributed by atoms with Crippen LogP contribution in [0.15, 0.2) is 53.9 Å². The molecule has 0 radical (unpaired) electrons. The minimum atomic E-state index is -0.580. The van der Waals surface area contributed by atoms with Crippen molar-refractivity contribution in [2.24, 2.45) is 16.6 Å². The highest BCUT2D eigenvalue weighted by Crippen LogP contribution is 2.45. The molecule has 3 rings (SSSR count). The van der Waals surface area contributed by atoms with Gasteiger partial charge in [0.2, 0.25) is 0 Å². The summed E-state index contributed by atoms with van der Waals surface area (Å²) in [5.74, 6) is 6.48. The van der Waals surface area contributed by atoms with Crippen LogP contribution in [0.25, 0.3) is 11.3 Å². The molecule has 1 aromatic carbocycles. The van der Waals surface area contributed by atoms with Crippen molar-refractivity contribution in [3.05, 3.63) is 60.2 Å². The fraction of sp³-hybridized carbons (Fsp3) is 0.286. The van der Waals surface area contributed by atoms with E-state index in [0.717, 1.165) is 22.5 Å². The Hall–Kier alpha value is -3.13. The van der Waals surface area contributed by atoms with Crippen molar-refractivity contribution < 1.29 is 0 Å². The lowest BCUT2D eigenvalue weighted by Gasteiger charge is -2.33. The molecule has 0 bridgehead atoms. The maximum atomic E-state index is 6.10. The van der Waals surface area contributed by atoms with Crippen molar-refractivity contribution in [2.45, 2.75) is 26.3 Å². The normalized spacial score (nSPS) is 19.3. The number of guanidine groups is 1. The lowest BCUT2D eigenvalue weighted by Crippen LogP contribution is -2.34. The van der Waals surface area contributed by atoms with Gasteiger partial charge in [-0.05, 0) is 30.4 Å². The first-order chi connectivity index (χ1) is 12.4. The van der Waals surface area contributed by atoms with Crippen LogP contribution in [0, 0.1) is 17.8 Å². The van der Waals surface area contributed by atoms with Gasteiger partial charge in [0.15, 0.2) is 5.96 Å². The van der Waals surface area contributed by atoms with Gasteiger partial charge in [-0.2, -0.15) is 0 Å². The van der Waals surface area contributed by atoms with E-state index in [2.05, 4.69) is 54.4 Å². The molecule has 0 saturated heterocycles. The van der Waals surface area contributed by atoms with Crippen LogP contribution in [-0.2, 0) is 5.54 Å². The summed E-state index contributed by atoms with van der Waals surface area (Å²) in [5, 5.41) is 0. The molecule has 26 heavy (non-hydrogen) atoms. The molecule has 0 saturated carbocycles. The van der Waals surface area contributed by atoms with Crippen LogP contribution < -0.4 is 5.73 Å². The Morgan fingerprint density at radius 1 is 1.27 bits per heavy atom. The number of benzene rings is 1. The second kappa shape index (κ2) is 6.64. The average molecular weight is 345 g/mol. The Morgan fingerprint density at radius 3 is 2.65 bits per heavy atom. The zero-order chi connectivity index (χ0) is 18.9. The molecule has 1 aliphatic rings. The highest BCUT2D eigenvalue weighted by atomic mass is 15.3. The molecule has 1 atom stereocenters. The number of hydrogen-bond acceptors (Lipinski definition) is 5. The lowest BCUT2D eigenvalue weighted by atomic mass is 9.78. The van der Waals surface area contributed by atoms with Gasteiger partial charge in [0, 0.05) is 18.3 Å². The fourth-order valence-electron chi connectivity index (χ4n) is 3.35. The van der Waals surface area contributed by atoms with Crippen molar-refractivity contribution in [3.63, 3.8) is 0 Å². The highest BCUT2D eigenvalue weighted by Gasteiger charge is 2.45. The summed E-state index contributed by atoms with van der Waals surface area (Å²) >= 11 is 0. The molecule has 1 aliphatic heterocycles. The van der Waals surface area contributed by atoms with E-state index in [4.69, 9.17) is 10.7 Å². The SMILES string of the molecule is C=C1N(C)C(N)=NC1(c1cccc(-c2cncc(C#CC)n2)c1)C(C)C. The van der Waals surface area contributed by atoms with Gasteiger partial charge in [-0.1, -0.05) is 44.5 Å². The van der Waals surface area contributed by atoms with Crippen LogP contribution in [0.3, 0.4) is 0 Å². The molecule has 2 N–H and O–H groups in total. The molecule has 5 nitrogen and oxygen atoms in total. The number of nitrogens with two attached hydrogens (primary N) is 1. The van der Waals surface area contributed by atoms with Crippen molar-refractivity contribution >= 4 is 5.96 Å². The third-order valence-electron chi connectivity index (χ3n) is 4.80. The quantitative estimate of drug-likeness (QED) is 0.868. The summed E-state index contributed by atoms with van der Waals surface area (Å²) in [6, 6.07) is 8.17. The van der Waals surface area contributed by atoms with E-state index in [0.29, 0.717) is 11.7 Å². The summed E-state index contributed by atoms with van der Waals surface area (Å²) in [5.41, 5.74) is 9.83. The van der Waals surface area contributed by atoms with E-state index >= 15 is 0 Å². The summed E-state index contributed by atoms with van der Waals surface area (Å²) in [7, 11) is 1.90. The predicted octanol–water partition coefficient (Wildman–Crippen LogP) is 3.14. The summed E-state index contributed by atoms with van der Waals surface area (Å²) in [6.45, 7) is 10.3. The lowest BCUT2D eigenvalue weighted by molar-refractivity contribution is 0.357. The molecule has 132 valence electrons. The topological polar surface area (TPSA) is 67.4 Å². The van der Waals surface area contributed by atoms with Crippen molar-refractivity contribution in [2.75, 3.05) is 7.05 Å². The molecule has 0 spiro atoms. The second-order valence-corrected chi connectivity index (χ2v) is 6.64. The first-order valence-electron chi connectivity index (χ1n) is 8.54. The summed E-state index contributed by atoms with van der Waals surface area (Å²) < 4.78 is 0. The van der Waals surface area contributed by atoms with E-state index in [1.165, 1.54) is 0 Å². The third kappa shape index (κ3) is 2.74. The Balaban J connectivity index is 2.13. The average Bonchev–Trinajstić information content (AvgIpc) is 2.87. The van der Waals surface area contributed by atoms with Crippen LogP contribution in [0.4, 0.5) is 0 Å². The van der Waals surface area contributed by atoms with E-state index < -0.39 is 5.54 Å². The fourth-order valence-corrected chi connectivity index (χ4v) is 3.35. The van der Waals surface area contributed by atoms with Gasteiger partial charge in [0.05, 0.1) is 18.1 Å². The van der Waals surface area contributed by atoms with Gasteiger partial charge >= 0.3 is 0 Å². The maximum absolute atomic E-state index is 6.10. The van der Waals surface area contributed by atoms with E-state index in [-0.39, 0.29) is 5.92 Å². The zero-order valence-electron chi connectivity index (χ0n) is 15.6. The van der Waals surface area contributed by atoms with E-state index in [9.17, 15) is 0 Å². The minimum Gasteiger partial charge on any atom is -0.369 e. The molecular weight excluding hydrogens is 322 g/mol. The van der Waals surface area contributed by atoms with E-state index in [1.807, 2.05) is 24.1 Å². The van der Waals surface area contributed by atoms with Crippen LogP contribution in [0.1, 0.15) is 32.0 Å². The van der Waals surface area contributed by atoms with Gasteiger partial charge in [-0.3, -0.25) is 4.98 Å². The number of aromatic nitrogens is 2. The van der Waals surface area contributed by atoms with Gasteiger partial charge < -0.3 is 10.6 Å². The smallest absolute Gasteiger partial charge is 0.196 e. The standard InChI is InChI=1S/C21H23N5/c1-6-8-18-12-23-13-19(24-18)16-9-7-10-17(11-16)21(14(2)3)15(4)26(5)20(22)25-21/h7,9-14H,4H2,1-3,5H3,(H2,22,25). The monoisotopic (exact) mass is 345 g/mol. The Kier molecular flexibility index (Phi) is 4.52. The third-order valence-corrected chi connectivity index (χ3v) is 4.80. The van der Waals surface area contributed by atoms with Crippen molar-refractivity contribution in [1.29, 1.82) is 0 Å². The number of aliphatic imine (C=N–C) groups is 1. The molecule has 1 unspecified atom stereocenters. The largest absolute Gasteiger partial charge is 0.369 e. The number of hydrogen-bond donors (Lipinski definition) is 1. The number of rotatable bonds is 3. The number of nitrogens with zero attached hydrogens (tertiary/aromatic N) is 4. The summed E-state index contributed by atoms with van der Waals surface area (Å²) in [4.78, 5) is 15.5. The molecule has 0 aliphatic carbocycles. The first kappa shape index (κ1) is 17.7.